The van der Waals surface area contributed by atoms with Gasteiger partial charge in [-0.15, -0.1) is 0 Å². The second-order valence-corrected chi connectivity index (χ2v) is 4.91. The van der Waals surface area contributed by atoms with E-state index in [4.69, 9.17) is 4.74 Å². The summed E-state index contributed by atoms with van der Waals surface area (Å²) in [5.41, 5.74) is 2.91. The van der Waals surface area contributed by atoms with Crippen molar-refractivity contribution >= 4 is 11.2 Å². The largest absolute Gasteiger partial charge is 0.480 e. The molecular formula is C13H19N5O. The van der Waals surface area contributed by atoms with Gasteiger partial charge in [-0.25, -0.2) is 4.98 Å². The molecule has 3 rings (SSSR count). The van der Waals surface area contributed by atoms with E-state index in [1.54, 1.807) is 13.3 Å². The molecule has 0 aromatic carbocycles. The van der Waals surface area contributed by atoms with Crippen LogP contribution in [0.5, 0.6) is 5.88 Å². The number of hydrogen-bond donors (Lipinski definition) is 2. The third-order valence-electron chi connectivity index (χ3n) is 3.69. The maximum atomic E-state index is 5.10. The highest BCUT2D eigenvalue weighted by Crippen LogP contribution is 2.27. The molecule has 1 aliphatic heterocycles. The van der Waals surface area contributed by atoms with Crippen LogP contribution in [0.4, 0.5) is 0 Å². The van der Waals surface area contributed by atoms with Gasteiger partial charge in [0.1, 0.15) is 5.52 Å². The minimum absolute atomic E-state index is 0.332. The number of fused-ring (bicyclic) bond motifs is 1. The molecule has 0 radical (unpaired) electrons. The number of hydrogen-bond acceptors (Lipinski definition) is 5. The van der Waals surface area contributed by atoms with Crippen LogP contribution >= 0.6 is 0 Å². The van der Waals surface area contributed by atoms with Crippen LogP contribution in [0.15, 0.2) is 12.4 Å². The van der Waals surface area contributed by atoms with Crippen molar-refractivity contribution in [1.29, 1.82) is 0 Å². The molecule has 6 nitrogen and oxygen atoms in total. The predicted octanol–water partition coefficient (Wildman–Crippen LogP) is 0.933. The van der Waals surface area contributed by atoms with Gasteiger partial charge < -0.3 is 15.0 Å². The molecule has 0 bridgehead atoms. The fraction of sp³-hybridized carbons (Fsp3) is 0.538. The normalized spacial score (nSPS) is 21.5. The summed E-state index contributed by atoms with van der Waals surface area (Å²) in [6.45, 7) is 3.10. The number of aromatic nitrogens is 3. The smallest absolute Gasteiger partial charge is 0.234 e. The highest BCUT2D eigenvalue weighted by molar-refractivity contribution is 5.76. The lowest BCUT2D eigenvalue weighted by atomic mass is 10.1. The fourth-order valence-electron chi connectivity index (χ4n) is 2.60. The summed E-state index contributed by atoms with van der Waals surface area (Å²) in [4.78, 5) is 14.4. The number of rotatable bonds is 2. The van der Waals surface area contributed by atoms with Crippen LogP contribution in [0, 0.1) is 0 Å². The standard InChI is InChI=1S/C13H19N5O/c1-18-5-3-4-14-7-10(18)9-6-16-13-12(9)15-8-11(17-13)19-2/h6,8,10,14H,3-5,7H2,1-2H3,(H,16,17). The highest BCUT2D eigenvalue weighted by atomic mass is 16.5. The zero-order chi connectivity index (χ0) is 13.2. The van der Waals surface area contributed by atoms with Gasteiger partial charge in [-0.05, 0) is 26.6 Å². The maximum Gasteiger partial charge on any atom is 0.234 e. The monoisotopic (exact) mass is 261 g/mol. The second kappa shape index (κ2) is 5.14. The van der Waals surface area contributed by atoms with Gasteiger partial charge in [0.2, 0.25) is 5.88 Å². The van der Waals surface area contributed by atoms with Gasteiger partial charge in [0, 0.05) is 18.3 Å². The summed E-state index contributed by atoms with van der Waals surface area (Å²) in [7, 11) is 3.76. The van der Waals surface area contributed by atoms with E-state index in [2.05, 4.69) is 32.2 Å². The summed E-state index contributed by atoms with van der Waals surface area (Å²) >= 11 is 0. The molecule has 1 unspecified atom stereocenters. The number of ether oxygens (including phenoxy) is 1. The van der Waals surface area contributed by atoms with E-state index >= 15 is 0 Å². The van der Waals surface area contributed by atoms with Gasteiger partial charge >= 0.3 is 0 Å². The van der Waals surface area contributed by atoms with E-state index in [9.17, 15) is 0 Å². The van der Waals surface area contributed by atoms with Crippen LogP contribution in [0.1, 0.15) is 18.0 Å². The summed E-state index contributed by atoms with van der Waals surface area (Å²) in [6.07, 6.45) is 4.86. The lowest BCUT2D eigenvalue weighted by Gasteiger charge is -2.24. The Hall–Kier alpha value is -1.66. The molecule has 3 heterocycles. The molecule has 2 aromatic rings. The number of nitrogens with zero attached hydrogens (tertiary/aromatic N) is 3. The summed E-state index contributed by atoms with van der Waals surface area (Å²) in [5, 5.41) is 3.47. The van der Waals surface area contributed by atoms with Gasteiger partial charge in [0.05, 0.1) is 19.3 Å². The minimum Gasteiger partial charge on any atom is -0.480 e. The molecule has 1 saturated heterocycles. The Balaban J connectivity index is 1.99. The SMILES string of the molecule is COc1cnc2c(C3CNCCCN3C)c[nH]c2n1. The van der Waals surface area contributed by atoms with Gasteiger partial charge in [0.15, 0.2) is 5.65 Å². The van der Waals surface area contributed by atoms with Crippen molar-refractivity contribution in [3.05, 3.63) is 18.0 Å². The van der Waals surface area contributed by atoms with Gasteiger partial charge in [-0.1, -0.05) is 0 Å². The zero-order valence-electron chi connectivity index (χ0n) is 11.3. The molecule has 1 aliphatic rings. The molecule has 0 saturated carbocycles. The number of nitrogens with one attached hydrogen (secondary N) is 2. The quantitative estimate of drug-likeness (QED) is 0.842. The van der Waals surface area contributed by atoms with Crippen molar-refractivity contribution in [3.63, 3.8) is 0 Å². The molecule has 2 N–H and O–H groups in total. The molecule has 6 heteroatoms. The Bertz CT molecular complexity index is 567. The summed E-state index contributed by atoms with van der Waals surface area (Å²) in [5.74, 6) is 0.535. The first kappa shape index (κ1) is 12.4. The number of H-pyrrole nitrogens is 1. The van der Waals surface area contributed by atoms with Gasteiger partial charge in [-0.2, -0.15) is 4.98 Å². The minimum atomic E-state index is 0.332. The first-order valence-corrected chi connectivity index (χ1v) is 6.58. The molecule has 102 valence electrons. The Morgan fingerprint density at radius 2 is 2.37 bits per heavy atom. The molecule has 0 aliphatic carbocycles. The molecule has 1 atom stereocenters. The van der Waals surface area contributed by atoms with Crippen molar-refractivity contribution < 1.29 is 4.74 Å². The highest BCUT2D eigenvalue weighted by Gasteiger charge is 2.23. The third-order valence-corrected chi connectivity index (χ3v) is 3.69. The van der Waals surface area contributed by atoms with Crippen molar-refractivity contribution in [1.82, 2.24) is 25.2 Å². The lowest BCUT2D eigenvalue weighted by Crippen LogP contribution is -2.29. The summed E-state index contributed by atoms with van der Waals surface area (Å²) in [6, 6.07) is 0.332. The average Bonchev–Trinajstić information content (AvgIpc) is 2.73. The number of methoxy groups -OCH3 is 1. The topological polar surface area (TPSA) is 66.1 Å². The van der Waals surface area contributed by atoms with E-state index in [1.165, 1.54) is 12.0 Å². The average molecular weight is 261 g/mol. The van der Waals surface area contributed by atoms with E-state index < -0.39 is 0 Å². The van der Waals surface area contributed by atoms with E-state index in [1.807, 2.05) is 6.20 Å². The Labute approximate surface area is 112 Å². The van der Waals surface area contributed by atoms with Gasteiger partial charge in [-0.3, -0.25) is 4.90 Å². The molecule has 2 aromatic heterocycles. The predicted molar refractivity (Wildman–Crippen MR) is 73.3 cm³/mol. The van der Waals surface area contributed by atoms with E-state index in [-0.39, 0.29) is 0 Å². The molecule has 1 fully saturated rings. The van der Waals surface area contributed by atoms with Crippen molar-refractivity contribution in [2.24, 2.45) is 0 Å². The fourth-order valence-corrected chi connectivity index (χ4v) is 2.60. The lowest BCUT2D eigenvalue weighted by molar-refractivity contribution is 0.263. The van der Waals surface area contributed by atoms with Crippen LogP contribution in [0.25, 0.3) is 11.2 Å². The van der Waals surface area contributed by atoms with Crippen LogP contribution in [0.2, 0.25) is 0 Å². The van der Waals surface area contributed by atoms with Crippen LogP contribution in [0.3, 0.4) is 0 Å². The number of aromatic amines is 1. The van der Waals surface area contributed by atoms with Crippen molar-refractivity contribution in [2.45, 2.75) is 12.5 Å². The number of likely N-dealkylation sites (N-methyl/N-ethyl adjacent to an activating group) is 1. The van der Waals surface area contributed by atoms with Crippen LogP contribution in [-0.4, -0.2) is 53.6 Å². The Morgan fingerprint density at radius 3 is 3.21 bits per heavy atom. The maximum absolute atomic E-state index is 5.10. The van der Waals surface area contributed by atoms with Crippen molar-refractivity contribution in [2.75, 3.05) is 33.8 Å². The van der Waals surface area contributed by atoms with Crippen LogP contribution in [-0.2, 0) is 0 Å². The molecule has 19 heavy (non-hydrogen) atoms. The zero-order valence-corrected chi connectivity index (χ0v) is 11.3. The van der Waals surface area contributed by atoms with E-state index in [0.717, 1.165) is 30.8 Å². The first-order valence-electron chi connectivity index (χ1n) is 6.58. The van der Waals surface area contributed by atoms with Crippen LogP contribution < -0.4 is 10.1 Å². The van der Waals surface area contributed by atoms with Gasteiger partial charge in [0.25, 0.3) is 0 Å². The molecular weight excluding hydrogens is 242 g/mol. The summed E-state index contributed by atoms with van der Waals surface area (Å²) < 4.78 is 5.10. The first-order chi connectivity index (χ1) is 9.29. The third kappa shape index (κ3) is 2.29. The Kier molecular flexibility index (Phi) is 3.35. The second-order valence-electron chi connectivity index (χ2n) is 4.91. The van der Waals surface area contributed by atoms with E-state index in [0.29, 0.717) is 11.9 Å². The molecule has 0 spiro atoms. The molecule has 0 amide bonds. The Morgan fingerprint density at radius 1 is 1.47 bits per heavy atom. The van der Waals surface area contributed by atoms with Crippen molar-refractivity contribution in [3.8, 4) is 5.88 Å².